The summed E-state index contributed by atoms with van der Waals surface area (Å²) in [6.07, 6.45) is 5.84. The van der Waals surface area contributed by atoms with Crippen LogP contribution < -0.4 is 11.1 Å². The van der Waals surface area contributed by atoms with Gasteiger partial charge in [0.1, 0.15) is 5.82 Å². The van der Waals surface area contributed by atoms with Crippen molar-refractivity contribution < 1.29 is 0 Å². The lowest BCUT2D eigenvalue weighted by Gasteiger charge is -2.43. The highest BCUT2D eigenvalue weighted by atomic mass is 15.1. The molecule has 2 saturated carbocycles. The quantitative estimate of drug-likeness (QED) is 0.840. The van der Waals surface area contributed by atoms with E-state index in [1.807, 2.05) is 12.1 Å². The molecule has 2 bridgehead atoms. The van der Waals surface area contributed by atoms with Crippen LogP contribution in [0.4, 0.5) is 11.5 Å². The third-order valence-corrected chi connectivity index (χ3v) is 5.35. The average molecular weight is 245 g/mol. The Morgan fingerprint density at radius 2 is 2.17 bits per heavy atom. The van der Waals surface area contributed by atoms with Crippen molar-refractivity contribution in [3.05, 3.63) is 18.3 Å². The third kappa shape index (κ3) is 1.60. The van der Waals surface area contributed by atoms with E-state index < -0.39 is 0 Å². The van der Waals surface area contributed by atoms with Gasteiger partial charge >= 0.3 is 0 Å². The minimum Gasteiger partial charge on any atom is -0.399 e. The number of aromatic nitrogens is 1. The number of rotatable bonds is 2. The summed E-state index contributed by atoms with van der Waals surface area (Å²) >= 11 is 0. The molecule has 1 aromatic rings. The molecule has 0 aromatic carbocycles. The molecule has 3 atom stereocenters. The molecule has 0 spiro atoms. The van der Waals surface area contributed by atoms with Gasteiger partial charge in [-0.2, -0.15) is 0 Å². The van der Waals surface area contributed by atoms with Crippen LogP contribution >= 0.6 is 0 Å². The van der Waals surface area contributed by atoms with Gasteiger partial charge in [-0.05, 0) is 42.1 Å². The van der Waals surface area contributed by atoms with Crippen LogP contribution in [0.1, 0.15) is 40.0 Å². The van der Waals surface area contributed by atoms with E-state index >= 15 is 0 Å². The van der Waals surface area contributed by atoms with Crippen molar-refractivity contribution in [1.82, 2.24) is 4.98 Å². The number of nitrogens with zero attached hydrogens (tertiary/aromatic N) is 1. The number of pyridine rings is 1. The highest BCUT2D eigenvalue weighted by molar-refractivity contribution is 5.49. The second kappa shape index (κ2) is 3.62. The molecule has 2 aliphatic rings. The number of nitrogens with two attached hydrogens (primary N) is 1. The fraction of sp³-hybridized carbons (Fsp3) is 0.667. The Labute approximate surface area is 109 Å². The van der Waals surface area contributed by atoms with Crippen LogP contribution in [0, 0.1) is 16.7 Å². The minimum atomic E-state index is 0.347. The maximum Gasteiger partial charge on any atom is 0.128 e. The maximum absolute atomic E-state index is 5.83. The zero-order valence-electron chi connectivity index (χ0n) is 11.5. The molecule has 1 aromatic heterocycles. The van der Waals surface area contributed by atoms with Crippen LogP contribution in [0.5, 0.6) is 0 Å². The van der Waals surface area contributed by atoms with Gasteiger partial charge in [-0.25, -0.2) is 4.98 Å². The molecule has 98 valence electrons. The lowest BCUT2D eigenvalue weighted by molar-refractivity contribution is 0.155. The Morgan fingerprint density at radius 3 is 2.78 bits per heavy atom. The number of anilines is 2. The highest BCUT2D eigenvalue weighted by Crippen LogP contribution is 2.63. The number of nitrogen functional groups attached to an aromatic ring is 1. The molecule has 0 amide bonds. The van der Waals surface area contributed by atoms with E-state index in [4.69, 9.17) is 5.73 Å². The van der Waals surface area contributed by atoms with Gasteiger partial charge in [0.05, 0.1) is 0 Å². The topological polar surface area (TPSA) is 50.9 Å². The molecule has 2 aliphatic carbocycles. The summed E-state index contributed by atoms with van der Waals surface area (Å²) in [6.45, 7) is 7.21. The first-order valence-electron chi connectivity index (χ1n) is 6.90. The second-order valence-corrected chi connectivity index (χ2v) is 6.97. The molecule has 0 aliphatic heterocycles. The molecule has 3 N–H and O–H groups in total. The van der Waals surface area contributed by atoms with Crippen LogP contribution in [0.15, 0.2) is 18.3 Å². The first kappa shape index (κ1) is 11.8. The van der Waals surface area contributed by atoms with Gasteiger partial charge < -0.3 is 11.1 Å². The Balaban J connectivity index is 1.88. The van der Waals surface area contributed by atoms with Gasteiger partial charge in [0.25, 0.3) is 0 Å². The van der Waals surface area contributed by atoms with Crippen molar-refractivity contribution in [1.29, 1.82) is 0 Å². The molecular weight excluding hydrogens is 222 g/mol. The molecule has 2 fully saturated rings. The van der Waals surface area contributed by atoms with Crippen molar-refractivity contribution in [2.45, 2.75) is 46.1 Å². The zero-order chi connectivity index (χ0) is 13.0. The fourth-order valence-corrected chi connectivity index (χ4v) is 4.34. The molecular formula is C15H23N3. The van der Waals surface area contributed by atoms with Crippen molar-refractivity contribution in [3.63, 3.8) is 0 Å². The molecule has 0 radical (unpaired) electrons. The largest absolute Gasteiger partial charge is 0.399 e. The average Bonchev–Trinajstić information content (AvgIpc) is 2.76. The molecule has 3 unspecified atom stereocenters. The Hall–Kier alpha value is -1.25. The minimum absolute atomic E-state index is 0.347. The maximum atomic E-state index is 5.83. The van der Waals surface area contributed by atoms with E-state index in [0.29, 0.717) is 16.9 Å². The Kier molecular flexibility index (Phi) is 2.38. The summed E-state index contributed by atoms with van der Waals surface area (Å²) in [5.74, 6) is 1.77. The third-order valence-electron chi connectivity index (χ3n) is 5.35. The molecule has 3 nitrogen and oxygen atoms in total. The van der Waals surface area contributed by atoms with Gasteiger partial charge in [0, 0.05) is 24.0 Å². The van der Waals surface area contributed by atoms with Crippen LogP contribution in [0.25, 0.3) is 0 Å². The Bertz CT molecular complexity index is 464. The number of hydrogen-bond acceptors (Lipinski definition) is 3. The normalized spacial score (nSPS) is 36.8. The predicted molar refractivity (Wildman–Crippen MR) is 75.3 cm³/mol. The number of hydrogen-bond donors (Lipinski definition) is 2. The lowest BCUT2D eigenvalue weighted by Crippen LogP contribution is -2.45. The van der Waals surface area contributed by atoms with Gasteiger partial charge in [-0.15, -0.1) is 0 Å². The SMILES string of the molecule is CC12CCC(C1)C(C)(C)C2Nc1cc(N)ccn1. The summed E-state index contributed by atoms with van der Waals surface area (Å²) in [4.78, 5) is 4.39. The van der Waals surface area contributed by atoms with E-state index in [1.54, 1.807) is 6.20 Å². The van der Waals surface area contributed by atoms with E-state index in [-0.39, 0.29) is 0 Å². The van der Waals surface area contributed by atoms with Crippen molar-refractivity contribution in [2.75, 3.05) is 11.1 Å². The van der Waals surface area contributed by atoms with Crippen LogP contribution in [0.2, 0.25) is 0 Å². The smallest absolute Gasteiger partial charge is 0.128 e. The van der Waals surface area contributed by atoms with Crippen LogP contribution in [-0.4, -0.2) is 11.0 Å². The summed E-state index contributed by atoms with van der Waals surface area (Å²) in [6, 6.07) is 4.27. The van der Waals surface area contributed by atoms with E-state index in [2.05, 4.69) is 31.1 Å². The van der Waals surface area contributed by atoms with Gasteiger partial charge in [0.15, 0.2) is 0 Å². The highest BCUT2D eigenvalue weighted by Gasteiger charge is 2.59. The van der Waals surface area contributed by atoms with Gasteiger partial charge in [0.2, 0.25) is 0 Å². The first-order valence-corrected chi connectivity index (χ1v) is 6.90. The summed E-state index contributed by atoms with van der Waals surface area (Å²) in [7, 11) is 0. The van der Waals surface area contributed by atoms with Crippen molar-refractivity contribution in [2.24, 2.45) is 16.7 Å². The molecule has 1 heterocycles. The first-order chi connectivity index (χ1) is 8.42. The van der Waals surface area contributed by atoms with Crippen LogP contribution in [0.3, 0.4) is 0 Å². The zero-order valence-corrected chi connectivity index (χ0v) is 11.5. The molecule has 3 heteroatoms. The van der Waals surface area contributed by atoms with E-state index in [1.165, 1.54) is 19.3 Å². The van der Waals surface area contributed by atoms with E-state index in [0.717, 1.165) is 17.4 Å². The van der Waals surface area contributed by atoms with Gasteiger partial charge in [-0.3, -0.25) is 0 Å². The molecule has 3 rings (SSSR count). The number of fused-ring (bicyclic) bond motifs is 2. The number of nitrogens with one attached hydrogen (secondary N) is 1. The Morgan fingerprint density at radius 1 is 1.39 bits per heavy atom. The standard InChI is InChI=1S/C15H23N3/c1-14(2)10-4-6-15(3,9-10)13(14)18-12-8-11(16)5-7-17-12/h5,7-8,10,13H,4,6,9H2,1-3H3,(H3,16,17,18). The van der Waals surface area contributed by atoms with E-state index in [9.17, 15) is 0 Å². The fourth-order valence-electron chi connectivity index (χ4n) is 4.34. The molecule has 18 heavy (non-hydrogen) atoms. The van der Waals surface area contributed by atoms with Crippen molar-refractivity contribution >= 4 is 11.5 Å². The van der Waals surface area contributed by atoms with Crippen LogP contribution in [-0.2, 0) is 0 Å². The summed E-state index contributed by atoms with van der Waals surface area (Å²) in [5.41, 5.74) is 7.37. The second-order valence-electron chi connectivity index (χ2n) is 6.97. The predicted octanol–water partition coefficient (Wildman–Crippen LogP) is 3.29. The lowest BCUT2D eigenvalue weighted by atomic mass is 9.68. The van der Waals surface area contributed by atoms with Crippen molar-refractivity contribution in [3.8, 4) is 0 Å². The molecule has 0 saturated heterocycles. The summed E-state index contributed by atoms with van der Waals surface area (Å²) < 4.78 is 0. The van der Waals surface area contributed by atoms with Gasteiger partial charge in [-0.1, -0.05) is 20.8 Å². The summed E-state index contributed by atoms with van der Waals surface area (Å²) in [5, 5.41) is 3.65. The monoisotopic (exact) mass is 245 g/mol.